The molecule has 0 radical (unpaired) electrons. The van der Waals surface area contributed by atoms with Gasteiger partial charge in [0.1, 0.15) is 0 Å². The average molecular weight is 297 g/mol. The van der Waals surface area contributed by atoms with Gasteiger partial charge >= 0.3 is 17.8 Å². The Morgan fingerprint density at radius 1 is 0.875 bits per heavy atom. The van der Waals surface area contributed by atoms with Gasteiger partial charge in [-0.2, -0.15) is 0 Å². The molecule has 0 saturated heterocycles. The molecule has 0 aromatic heterocycles. The van der Waals surface area contributed by atoms with Gasteiger partial charge in [-0.15, -0.1) is 0 Å². The van der Waals surface area contributed by atoms with Crippen molar-refractivity contribution in [1.29, 1.82) is 0 Å². The van der Waals surface area contributed by atoms with E-state index in [2.05, 4.69) is 52.8 Å². The lowest BCUT2D eigenvalue weighted by Crippen LogP contribution is -2.47. The average Bonchev–Trinajstić information content (AvgIpc) is 1.96. The van der Waals surface area contributed by atoms with Crippen molar-refractivity contribution in [2.75, 3.05) is 0 Å². The van der Waals surface area contributed by atoms with Crippen LogP contribution in [0.2, 0.25) is 51.9 Å². The van der Waals surface area contributed by atoms with E-state index in [-0.39, 0.29) is 0 Å². The fourth-order valence-electron chi connectivity index (χ4n) is 1.50. The van der Waals surface area contributed by atoms with E-state index in [1.807, 2.05) is 0 Å². The van der Waals surface area contributed by atoms with Gasteiger partial charge in [0.05, 0.1) is 0 Å². The maximum atomic E-state index is 6.18. The molecule has 0 aromatic carbocycles. The predicted molar refractivity (Wildman–Crippen MR) is 80.6 cm³/mol. The van der Waals surface area contributed by atoms with Gasteiger partial charge in [-0.25, -0.2) is 0 Å². The Hall–Kier alpha value is 0.748. The van der Waals surface area contributed by atoms with Crippen molar-refractivity contribution in [2.45, 2.75) is 58.8 Å². The van der Waals surface area contributed by atoms with Crippen molar-refractivity contribution >= 4 is 35.2 Å². The molecule has 1 atom stereocenters. The van der Waals surface area contributed by atoms with Gasteiger partial charge < -0.3 is 12.3 Å². The molecule has 0 N–H and O–H groups in total. The summed E-state index contributed by atoms with van der Waals surface area (Å²) < 4.78 is 18.3. The van der Waals surface area contributed by atoms with E-state index in [0.29, 0.717) is 0 Å². The first kappa shape index (κ1) is 16.7. The Morgan fingerprint density at radius 2 is 1.38 bits per heavy atom. The third-order valence-electron chi connectivity index (χ3n) is 1.75. The predicted octanol–water partition coefficient (Wildman–Crippen LogP) is 2.80. The highest BCUT2D eigenvalue weighted by atomic mass is 28.5. The minimum atomic E-state index is -1.93. The van der Waals surface area contributed by atoms with Crippen molar-refractivity contribution in [3.63, 3.8) is 0 Å². The lowest BCUT2D eigenvalue weighted by atomic mass is 11.0. The first-order chi connectivity index (χ1) is 7.06. The third kappa shape index (κ3) is 8.85. The fourth-order valence-corrected chi connectivity index (χ4v) is 14.4. The maximum absolute atomic E-state index is 6.18. The summed E-state index contributed by atoms with van der Waals surface area (Å²) in [6.07, 6.45) is 0. The summed E-state index contributed by atoms with van der Waals surface area (Å²) in [6, 6.07) is 1.03. The highest BCUT2D eigenvalue weighted by Crippen LogP contribution is 2.15. The van der Waals surface area contributed by atoms with Crippen LogP contribution >= 0.6 is 0 Å². The van der Waals surface area contributed by atoms with E-state index < -0.39 is 35.2 Å². The molecule has 0 bridgehead atoms. The number of rotatable bonds is 7. The van der Waals surface area contributed by atoms with E-state index in [4.69, 9.17) is 12.3 Å². The summed E-state index contributed by atoms with van der Waals surface area (Å²) in [6.45, 7) is 17.5. The van der Waals surface area contributed by atoms with Crippen LogP contribution in [-0.2, 0) is 12.3 Å². The van der Waals surface area contributed by atoms with Crippen LogP contribution in [0, 0.1) is 0 Å². The SMILES string of the molecule is CC[SiH](O[Si](C)(C)C)O[Si](C)(C)O[SiH](C)C. The van der Waals surface area contributed by atoms with Crippen LogP contribution in [-0.4, -0.2) is 35.2 Å². The summed E-state index contributed by atoms with van der Waals surface area (Å²) in [4.78, 5) is 0. The lowest BCUT2D eigenvalue weighted by Gasteiger charge is -2.32. The molecule has 16 heavy (non-hydrogen) atoms. The van der Waals surface area contributed by atoms with Gasteiger partial charge in [0.15, 0.2) is 17.4 Å². The molecule has 0 heterocycles. The Balaban J connectivity index is 4.30. The van der Waals surface area contributed by atoms with Crippen molar-refractivity contribution in [2.24, 2.45) is 0 Å². The largest absolute Gasteiger partial charge is 0.440 e. The van der Waals surface area contributed by atoms with Gasteiger partial charge in [0.2, 0.25) is 0 Å². The van der Waals surface area contributed by atoms with Crippen molar-refractivity contribution < 1.29 is 12.3 Å². The summed E-state index contributed by atoms with van der Waals surface area (Å²) in [5.41, 5.74) is 0. The van der Waals surface area contributed by atoms with Gasteiger partial charge in [-0.1, -0.05) is 6.92 Å². The molecule has 0 aliphatic carbocycles. The molecule has 0 aromatic rings. The van der Waals surface area contributed by atoms with Crippen LogP contribution in [0.1, 0.15) is 6.92 Å². The molecule has 0 fully saturated rings. The second kappa shape index (κ2) is 6.62. The number of hydrogen-bond donors (Lipinski definition) is 0. The van der Waals surface area contributed by atoms with Crippen LogP contribution in [0.25, 0.3) is 0 Å². The Kier molecular flexibility index (Phi) is 6.93. The Bertz CT molecular complexity index is 203. The quantitative estimate of drug-likeness (QED) is 0.676. The minimum absolute atomic E-state index is 1.00. The Morgan fingerprint density at radius 3 is 1.69 bits per heavy atom. The summed E-state index contributed by atoms with van der Waals surface area (Å²) in [5, 5.41) is 0. The van der Waals surface area contributed by atoms with Crippen molar-refractivity contribution in [1.82, 2.24) is 0 Å². The molecule has 98 valence electrons. The van der Waals surface area contributed by atoms with Gasteiger partial charge in [-0.05, 0) is 51.9 Å². The minimum Gasteiger partial charge on any atom is -0.440 e. The first-order valence-corrected chi connectivity index (χ1v) is 16.9. The van der Waals surface area contributed by atoms with E-state index in [1.54, 1.807) is 0 Å². The van der Waals surface area contributed by atoms with Gasteiger partial charge in [0.25, 0.3) is 0 Å². The topological polar surface area (TPSA) is 27.7 Å². The van der Waals surface area contributed by atoms with E-state index in [1.165, 1.54) is 0 Å². The molecule has 0 spiro atoms. The second-order valence-corrected chi connectivity index (χ2v) is 19.4. The van der Waals surface area contributed by atoms with E-state index in [9.17, 15) is 0 Å². The number of hydrogen-bond acceptors (Lipinski definition) is 3. The maximum Gasteiger partial charge on any atom is 0.312 e. The van der Waals surface area contributed by atoms with Crippen LogP contribution in [0.5, 0.6) is 0 Å². The van der Waals surface area contributed by atoms with Crippen LogP contribution in [0.3, 0.4) is 0 Å². The van der Waals surface area contributed by atoms with E-state index in [0.717, 1.165) is 6.04 Å². The lowest BCUT2D eigenvalue weighted by molar-refractivity contribution is 0.352. The molecule has 0 amide bonds. The molecule has 0 aliphatic rings. The molecular formula is C9H28O3Si4. The molecule has 7 heteroatoms. The summed E-state index contributed by atoms with van der Waals surface area (Å²) in [5.74, 6) is 0. The molecule has 3 nitrogen and oxygen atoms in total. The highest BCUT2D eigenvalue weighted by Gasteiger charge is 2.32. The van der Waals surface area contributed by atoms with Gasteiger partial charge in [0, 0.05) is 0 Å². The monoisotopic (exact) mass is 296 g/mol. The zero-order valence-corrected chi connectivity index (χ0v) is 16.4. The van der Waals surface area contributed by atoms with Crippen LogP contribution < -0.4 is 0 Å². The second-order valence-electron chi connectivity index (χ2n) is 5.75. The molecule has 0 saturated carbocycles. The van der Waals surface area contributed by atoms with Gasteiger partial charge in [-0.3, -0.25) is 0 Å². The normalized spacial score (nSPS) is 15.6. The first-order valence-electron chi connectivity index (χ1n) is 6.09. The molecule has 0 aliphatic heterocycles. The highest BCUT2D eigenvalue weighted by molar-refractivity contribution is 6.81. The molecule has 0 rings (SSSR count). The summed E-state index contributed by atoms with van der Waals surface area (Å²) in [7, 11) is -5.90. The molecular weight excluding hydrogens is 268 g/mol. The Labute approximate surface area is 106 Å². The zero-order chi connectivity index (χ0) is 13.0. The molecule has 1 unspecified atom stereocenters. The smallest absolute Gasteiger partial charge is 0.312 e. The van der Waals surface area contributed by atoms with Crippen LogP contribution in [0.15, 0.2) is 0 Å². The summed E-state index contributed by atoms with van der Waals surface area (Å²) >= 11 is 0. The van der Waals surface area contributed by atoms with Crippen LogP contribution in [0.4, 0.5) is 0 Å². The van der Waals surface area contributed by atoms with E-state index >= 15 is 0 Å². The fraction of sp³-hybridized carbons (Fsp3) is 1.00. The van der Waals surface area contributed by atoms with Crippen molar-refractivity contribution in [3.05, 3.63) is 0 Å². The zero-order valence-electron chi connectivity index (χ0n) is 12.1. The third-order valence-corrected chi connectivity index (χ3v) is 13.8. The standard InChI is InChI=1S/C9H28O3Si4/c1-9-14(11-15(4,5)6)12-16(7,8)10-13(2)3/h13-14H,9H2,1-8H3. The van der Waals surface area contributed by atoms with Crippen molar-refractivity contribution in [3.8, 4) is 0 Å².